The van der Waals surface area contributed by atoms with Crippen molar-refractivity contribution in [2.24, 2.45) is 0 Å². The molecule has 0 unspecified atom stereocenters. The van der Waals surface area contributed by atoms with E-state index in [1.807, 2.05) is 13.0 Å². The summed E-state index contributed by atoms with van der Waals surface area (Å²) in [5.74, 6) is -0.256. The summed E-state index contributed by atoms with van der Waals surface area (Å²) in [6.07, 6.45) is 0.826. The molecule has 1 saturated heterocycles. The molecule has 0 aromatic heterocycles. The van der Waals surface area contributed by atoms with Gasteiger partial charge in [0.25, 0.3) is 5.91 Å². The first-order valence-electron chi connectivity index (χ1n) is 5.12. The van der Waals surface area contributed by atoms with Crippen LogP contribution >= 0.6 is 0 Å². The quantitative estimate of drug-likeness (QED) is 0.573. The highest BCUT2D eigenvalue weighted by Crippen LogP contribution is 2.23. The molecule has 1 heterocycles. The van der Waals surface area contributed by atoms with Gasteiger partial charge in [-0.05, 0) is 24.1 Å². The van der Waals surface area contributed by atoms with Gasteiger partial charge in [0.1, 0.15) is 0 Å². The maximum Gasteiger partial charge on any atom is 0.329 e. The third-order valence-electron chi connectivity index (χ3n) is 2.61. The number of carbonyl (C=O) groups excluding carboxylic acids is 2. The summed E-state index contributed by atoms with van der Waals surface area (Å²) in [6.45, 7) is 2.05. The monoisotopic (exact) mass is 219 g/mol. The molecule has 0 radical (unpaired) electrons. The van der Waals surface area contributed by atoms with Gasteiger partial charge in [-0.15, -0.1) is 0 Å². The van der Waals surface area contributed by atoms with Gasteiger partial charge in [-0.2, -0.15) is 0 Å². The van der Waals surface area contributed by atoms with Gasteiger partial charge in [0, 0.05) is 5.69 Å². The van der Waals surface area contributed by atoms with Crippen molar-refractivity contribution in [2.45, 2.75) is 13.3 Å². The Balaban J connectivity index is 2.37. The van der Waals surface area contributed by atoms with Crippen molar-refractivity contribution in [3.8, 4) is 0 Å². The Morgan fingerprint density at radius 1 is 1.44 bits per heavy atom. The Morgan fingerprint density at radius 3 is 2.69 bits per heavy atom. The van der Waals surface area contributed by atoms with E-state index in [1.54, 1.807) is 12.1 Å². The number of nitrogen functional groups attached to an aromatic ring is 1. The lowest BCUT2D eigenvalue weighted by atomic mass is 10.1. The fourth-order valence-electron chi connectivity index (χ4n) is 1.73. The Kier molecular flexibility index (Phi) is 2.52. The molecular formula is C11H13N3O2. The van der Waals surface area contributed by atoms with Crippen molar-refractivity contribution in [1.82, 2.24) is 5.32 Å². The lowest BCUT2D eigenvalue weighted by molar-refractivity contribution is -0.115. The topological polar surface area (TPSA) is 75.4 Å². The average molecular weight is 219 g/mol. The summed E-state index contributed by atoms with van der Waals surface area (Å²) in [5.41, 5.74) is 7.96. The van der Waals surface area contributed by atoms with Gasteiger partial charge in [0.05, 0.1) is 12.2 Å². The number of nitrogens with one attached hydrogen (secondary N) is 1. The minimum Gasteiger partial charge on any atom is -0.398 e. The summed E-state index contributed by atoms with van der Waals surface area (Å²) in [5, 5.41) is 2.46. The fourth-order valence-corrected chi connectivity index (χ4v) is 1.73. The van der Waals surface area contributed by atoms with Crippen LogP contribution in [0.2, 0.25) is 0 Å². The summed E-state index contributed by atoms with van der Waals surface area (Å²) < 4.78 is 0. The zero-order chi connectivity index (χ0) is 11.7. The van der Waals surface area contributed by atoms with E-state index in [9.17, 15) is 9.59 Å². The summed E-state index contributed by atoms with van der Waals surface area (Å²) in [4.78, 5) is 24.0. The summed E-state index contributed by atoms with van der Waals surface area (Å²) in [6, 6.07) is 4.83. The molecule has 2 rings (SSSR count). The normalized spacial score (nSPS) is 15.4. The Bertz CT molecular complexity index is 441. The van der Waals surface area contributed by atoms with Crippen LogP contribution in [0.3, 0.4) is 0 Å². The van der Waals surface area contributed by atoms with Crippen LogP contribution in [0, 0.1) is 0 Å². The standard InChI is InChI=1S/C11H13N3O2/c1-2-7-3-4-8(5-9(7)12)14-10(15)6-13-11(14)16/h3-5H,2,6,12H2,1H3,(H,13,16). The Labute approximate surface area is 93.2 Å². The molecule has 0 aliphatic carbocycles. The first-order chi connectivity index (χ1) is 7.63. The number of anilines is 2. The number of nitrogens with zero attached hydrogens (tertiary/aromatic N) is 1. The smallest absolute Gasteiger partial charge is 0.329 e. The molecule has 1 fully saturated rings. The maximum absolute atomic E-state index is 11.5. The van der Waals surface area contributed by atoms with Gasteiger partial charge < -0.3 is 11.1 Å². The number of carbonyl (C=O) groups is 2. The van der Waals surface area contributed by atoms with Crippen LogP contribution in [-0.2, 0) is 11.2 Å². The van der Waals surface area contributed by atoms with Crippen LogP contribution < -0.4 is 16.0 Å². The van der Waals surface area contributed by atoms with Gasteiger partial charge in [0.15, 0.2) is 0 Å². The minimum atomic E-state index is -0.395. The highest BCUT2D eigenvalue weighted by molar-refractivity contribution is 6.19. The number of hydrogen-bond donors (Lipinski definition) is 2. The number of rotatable bonds is 2. The molecule has 5 heteroatoms. The lowest BCUT2D eigenvalue weighted by Gasteiger charge is -2.14. The second-order valence-electron chi connectivity index (χ2n) is 3.62. The average Bonchev–Trinajstić information content (AvgIpc) is 2.58. The molecule has 0 spiro atoms. The number of imide groups is 1. The van der Waals surface area contributed by atoms with E-state index >= 15 is 0 Å². The SMILES string of the molecule is CCc1ccc(N2C(=O)CNC2=O)cc1N. The van der Waals surface area contributed by atoms with Gasteiger partial charge in [-0.1, -0.05) is 13.0 Å². The predicted molar refractivity (Wildman–Crippen MR) is 61.1 cm³/mol. The molecule has 3 N–H and O–H groups in total. The van der Waals surface area contributed by atoms with Crippen LogP contribution in [0.4, 0.5) is 16.2 Å². The van der Waals surface area contributed by atoms with Gasteiger partial charge >= 0.3 is 6.03 Å². The second kappa shape index (κ2) is 3.84. The number of urea groups is 1. The molecule has 0 atom stereocenters. The van der Waals surface area contributed by atoms with E-state index in [-0.39, 0.29) is 12.5 Å². The molecule has 84 valence electrons. The third kappa shape index (κ3) is 1.60. The minimum absolute atomic E-state index is 0.0499. The van der Waals surface area contributed by atoms with E-state index in [4.69, 9.17) is 5.73 Å². The van der Waals surface area contributed by atoms with Crippen LogP contribution in [0.15, 0.2) is 18.2 Å². The zero-order valence-electron chi connectivity index (χ0n) is 8.99. The van der Waals surface area contributed by atoms with Gasteiger partial charge in [-0.25, -0.2) is 9.69 Å². The van der Waals surface area contributed by atoms with Crippen LogP contribution in [0.5, 0.6) is 0 Å². The second-order valence-corrected chi connectivity index (χ2v) is 3.62. The highest BCUT2D eigenvalue weighted by atomic mass is 16.2. The lowest BCUT2D eigenvalue weighted by Crippen LogP contribution is -2.30. The number of aryl methyl sites for hydroxylation is 1. The van der Waals surface area contributed by atoms with Crippen molar-refractivity contribution >= 4 is 23.3 Å². The van der Waals surface area contributed by atoms with Crippen LogP contribution in [0.25, 0.3) is 0 Å². The van der Waals surface area contributed by atoms with E-state index in [2.05, 4.69) is 5.32 Å². The molecular weight excluding hydrogens is 206 g/mol. The van der Waals surface area contributed by atoms with Crippen molar-refractivity contribution < 1.29 is 9.59 Å². The molecule has 5 nitrogen and oxygen atoms in total. The van der Waals surface area contributed by atoms with Crippen LogP contribution in [-0.4, -0.2) is 18.5 Å². The molecule has 1 aliphatic heterocycles. The molecule has 16 heavy (non-hydrogen) atoms. The van der Waals surface area contributed by atoms with Gasteiger partial charge in [0.2, 0.25) is 0 Å². The first kappa shape index (κ1) is 10.5. The molecule has 1 aromatic rings. The number of nitrogens with two attached hydrogens (primary N) is 1. The summed E-state index contributed by atoms with van der Waals surface area (Å²) >= 11 is 0. The van der Waals surface area contributed by atoms with Crippen molar-refractivity contribution in [3.63, 3.8) is 0 Å². The van der Waals surface area contributed by atoms with E-state index < -0.39 is 6.03 Å². The van der Waals surface area contributed by atoms with Crippen molar-refractivity contribution in [1.29, 1.82) is 0 Å². The largest absolute Gasteiger partial charge is 0.398 e. The van der Waals surface area contributed by atoms with Gasteiger partial charge in [-0.3, -0.25) is 4.79 Å². The highest BCUT2D eigenvalue weighted by Gasteiger charge is 2.29. The predicted octanol–water partition coefficient (Wildman–Crippen LogP) is 0.887. The third-order valence-corrected chi connectivity index (χ3v) is 2.61. The molecule has 1 aliphatic rings. The number of amides is 3. The summed E-state index contributed by atoms with van der Waals surface area (Å²) in [7, 11) is 0. The fraction of sp³-hybridized carbons (Fsp3) is 0.273. The molecule has 3 amide bonds. The van der Waals surface area contributed by atoms with E-state index in [1.165, 1.54) is 0 Å². The maximum atomic E-state index is 11.5. The zero-order valence-corrected chi connectivity index (χ0v) is 8.99. The van der Waals surface area contributed by atoms with E-state index in [0.717, 1.165) is 16.9 Å². The number of benzene rings is 1. The van der Waals surface area contributed by atoms with Crippen molar-refractivity contribution in [3.05, 3.63) is 23.8 Å². The molecule has 0 bridgehead atoms. The van der Waals surface area contributed by atoms with Crippen LogP contribution in [0.1, 0.15) is 12.5 Å². The Hall–Kier alpha value is -2.04. The van der Waals surface area contributed by atoms with Crippen molar-refractivity contribution in [2.75, 3.05) is 17.2 Å². The molecule has 0 saturated carbocycles. The number of hydrogen-bond acceptors (Lipinski definition) is 3. The van der Waals surface area contributed by atoms with E-state index in [0.29, 0.717) is 11.4 Å². The molecule has 1 aromatic carbocycles. The Morgan fingerprint density at radius 2 is 2.19 bits per heavy atom. The first-order valence-corrected chi connectivity index (χ1v) is 5.12.